The van der Waals surface area contributed by atoms with Crippen molar-refractivity contribution in [2.24, 2.45) is 5.92 Å². The summed E-state index contributed by atoms with van der Waals surface area (Å²) in [6.07, 6.45) is -0.802. The molecule has 1 rings (SSSR count). The van der Waals surface area contributed by atoms with Crippen LogP contribution >= 0.6 is 0 Å². The molecular weight excluding hydrogens is 180 g/mol. The average Bonchev–Trinajstić information content (AvgIpc) is 2.27. The summed E-state index contributed by atoms with van der Waals surface area (Å²) in [5, 5.41) is 9.79. The van der Waals surface area contributed by atoms with E-state index in [-0.39, 0.29) is 0 Å². The van der Waals surface area contributed by atoms with Gasteiger partial charge in [-0.15, -0.1) is 0 Å². The molecule has 3 nitrogen and oxygen atoms in total. The maximum absolute atomic E-state index is 11.1. The molecule has 2 atom stereocenters. The van der Waals surface area contributed by atoms with E-state index in [9.17, 15) is 9.90 Å². The number of rotatable bonds is 3. The van der Waals surface area contributed by atoms with Crippen molar-refractivity contribution >= 4 is 5.97 Å². The van der Waals surface area contributed by atoms with Crippen LogP contribution in [0.15, 0.2) is 30.3 Å². The lowest BCUT2D eigenvalue weighted by Crippen LogP contribution is -2.20. The molecule has 0 radical (unpaired) electrons. The van der Waals surface area contributed by atoms with Gasteiger partial charge in [0.25, 0.3) is 0 Å². The molecule has 0 heterocycles. The first-order chi connectivity index (χ1) is 6.66. The number of esters is 1. The number of hydrogen-bond acceptors (Lipinski definition) is 3. The minimum Gasteiger partial charge on any atom is -0.469 e. The van der Waals surface area contributed by atoms with Gasteiger partial charge in [0.2, 0.25) is 0 Å². The number of methoxy groups -OCH3 is 1. The number of benzene rings is 1. The molecule has 2 unspecified atom stereocenters. The lowest BCUT2D eigenvalue weighted by molar-refractivity contribution is -0.148. The van der Waals surface area contributed by atoms with Crippen molar-refractivity contribution in [2.45, 2.75) is 13.0 Å². The summed E-state index contributed by atoms with van der Waals surface area (Å²) in [6, 6.07) is 9.07. The largest absolute Gasteiger partial charge is 0.469 e. The van der Waals surface area contributed by atoms with Gasteiger partial charge < -0.3 is 9.84 Å². The van der Waals surface area contributed by atoms with E-state index < -0.39 is 18.0 Å². The Bertz CT molecular complexity index is 295. The minimum atomic E-state index is -0.802. The van der Waals surface area contributed by atoms with Crippen molar-refractivity contribution in [2.75, 3.05) is 7.11 Å². The van der Waals surface area contributed by atoms with E-state index in [1.807, 2.05) is 18.2 Å². The van der Waals surface area contributed by atoms with E-state index >= 15 is 0 Å². The van der Waals surface area contributed by atoms with Crippen LogP contribution in [0.25, 0.3) is 0 Å². The first-order valence-electron chi connectivity index (χ1n) is 4.47. The molecular formula is C11H14O3. The second-order valence-corrected chi connectivity index (χ2v) is 3.17. The third-order valence-electron chi connectivity index (χ3n) is 2.19. The lowest BCUT2D eigenvalue weighted by atomic mass is 9.98. The molecule has 3 heteroatoms. The molecule has 0 aliphatic rings. The highest BCUT2D eigenvalue weighted by atomic mass is 16.5. The van der Waals surface area contributed by atoms with Crippen LogP contribution in [0.4, 0.5) is 0 Å². The zero-order valence-corrected chi connectivity index (χ0v) is 8.31. The summed E-state index contributed by atoms with van der Waals surface area (Å²) < 4.78 is 4.56. The quantitative estimate of drug-likeness (QED) is 0.742. The number of aliphatic hydroxyl groups is 1. The predicted molar refractivity (Wildman–Crippen MR) is 52.6 cm³/mol. The Morgan fingerprint density at radius 2 is 1.93 bits per heavy atom. The first-order valence-corrected chi connectivity index (χ1v) is 4.47. The Labute approximate surface area is 83.3 Å². The summed E-state index contributed by atoms with van der Waals surface area (Å²) in [7, 11) is 1.32. The van der Waals surface area contributed by atoms with E-state index in [4.69, 9.17) is 0 Å². The smallest absolute Gasteiger partial charge is 0.311 e. The molecule has 1 N–H and O–H groups in total. The molecule has 14 heavy (non-hydrogen) atoms. The zero-order valence-electron chi connectivity index (χ0n) is 8.31. The molecule has 0 saturated heterocycles. The minimum absolute atomic E-state index is 0.402. The SMILES string of the molecule is COC(=O)C(C)C(O)c1ccccc1. The second-order valence-electron chi connectivity index (χ2n) is 3.17. The maximum atomic E-state index is 11.1. The number of carbonyl (C=O) groups is 1. The zero-order chi connectivity index (χ0) is 10.6. The summed E-state index contributed by atoms with van der Waals surface area (Å²) in [5.74, 6) is -0.941. The average molecular weight is 194 g/mol. The Hall–Kier alpha value is -1.35. The molecule has 0 amide bonds. The van der Waals surface area contributed by atoms with E-state index in [2.05, 4.69) is 4.74 Å². The Balaban J connectivity index is 2.75. The molecule has 0 spiro atoms. The molecule has 0 bridgehead atoms. The third-order valence-corrected chi connectivity index (χ3v) is 2.19. The van der Waals surface area contributed by atoms with Crippen molar-refractivity contribution in [1.82, 2.24) is 0 Å². The lowest BCUT2D eigenvalue weighted by Gasteiger charge is -2.16. The van der Waals surface area contributed by atoms with Crippen LogP contribution < -0.4 is 0 Å². The molecule has 0 saturated carbocycles. The highest BCUT2D eigenvalue weighted by molar-refractivity contribution is 5.72. The maximum Gasteiger partial charge on any atom is 0.311 e. The van der Waals surface area contributed by atoms with Gasteiger partial charge in [0.05, 0.1) is 19.1 Å². The summed E-state index contributed by atoms with van der Waals surface area (Å²) >= 11 is 0. The molecule has 0 fully saturated rings. The number of aliphatic hydroxyl groups excluding tert-OH is 1. The van der Waals surface area contributed by atoms with Crippen LogP contribution in [-0.2, 0) is 9.53 Å². The van der Waals surface area contributed by atoms with Crippen molar-refractivity contribution in [3.8, 4) is 0 Å². The van der Waals surface area contributed by atoms with Crippen molar-refractivity contribution in [1.29, 1.82) is 0 Å². The van der Waals surface area contributed by atoms with Gasteiger partial charge in [0.1, 0.15) is 0 Å². The van der Waals surface area contributed by atoms with Crippen LogP contribution in [0, 0.1) is 5.92 Å². The number of carbonyl (C=O) groups excluding carboxylic acids is 1. The standard InChI is InChI=1S/C11H14O3/c1-8(11(13)14-2)10(12)9-6-4-3-5-7-9/h3-8,10,12H,1-2H3. The number of ether oxygens (including phenoxy) is 1. The van der Waals surface area contributed by atoms with Gasteiger partial charge in [-0.2, -0.15) is 0 Å². The van der Waals surface area contributed by atoms with Crippen LogP contribution in [0.5, 0.6) is 0 Å². The predicted octanol–water partition coefficient (Wildman–Crippen LogP) is 1.53. The van der Waals surface area contributed by atoms with Gasteiger partial charge in [-0.25, -0.2) is 0 Å². The molecule has 0 aliphatic carbocycles. The van der Waals surface area contributed by atoms with Crippen molar-refractivity contribution in [3.63, 3.8) is 0 Å². The Kier molecular flexibility index (Phi) is 3.65. The molecule has 76 valence electrons. The van der Waals surface area contributed by atoms with E-state index in [0.717, 1.165) is 5.56 Å². The highest BCUT2D eigenvalue weighted by Gasteiger charge is 2.23. The monoisotopic (exact) mass is 194 g/mol. The topological polar surface area (TPSA) is 46.5 Å². The van der Waals surface area contributed by atoms with Crippen LogP contribution in [-0.4, -0.2) is 18.2 Å². The van der Waals surface area contributed by atoms with Gasteiger partial charge in [-0.1, -0.05) is 30.3 Å². The highest BCUT2D eigenvalue weighted by Crippen LogP contribution is 2.21. The van der Waals surface area contributed by atoms with Crippen LogP contribution in [0.1, 0.15) is 18.6 Å². The summed E-state index contributed by atoms with van der Waals surface area (Å²) in [6.45, 7) is 1.64. The third kappa shape index (κ3) is 2.33. The molecule has 1 aromatic rings. The number of hydrogen-bond donors (Lipinski definition) is 1. The van der Waals surface area contributed by atoms with Gasteiger partial charge >= 0.3 is 5.97 Å². The van der Waals surface area contributed by atoms with Crippen molar-refractivity contribution in [3.05, 3.63) is 35.9 Å². The van der Waals surface area contributed by atoms with Crippen molar-refractivity contribution < 1.29 is 14.6 Å². The van der Waals surface area contributed by atoms with E-state index in [1.54, 1.807) is 19.1 Å². The van der Waals surface area contributed by atoms with E-state index in [1.165, 1.54) is 7.11 Å². The van der Waals surface area contributed by atoms with Gasteiger partial charge in [-0.3, -0.25) is 4.79 Å². The molecule has 1 aromatic carbocycles. The fourth-order valence-electron chi connectivity index (χ4n) is 1.25. The Morgan fingerprint density at radius 1 is 1.36 bits per heavy atom. The first kappa shape index (κ1) is 10.7. The van der Waals surface area contributed by atoms with Gasteiger partial charge in [-0.05, 0) is 12.5 Å². The Morgan fingerprint density at radius 3 is 2.43 bits per heavy atom. The van der Waals surface area contributed by atoms with Crippen LogP contribution in [0.2, 0.25) is 0 Å². The normalized spacial score (nSPS) is 14.5. The fourth-order valence-corrected chi connectivity index (χ4v) is 1.25. The van der Waals surface area contributed by atoms with E-state index in [0.29, 0.717) is 0 Å². The fraction of sp³-hybridized carbons (Fsp3) is 0.364. The molecule has 0 aliphatic heterocycles. The van der Waals surface area contributed by atoms with Gasteiger partial charge in [0.15, 0.2) is 0 Å². The second kappa shape index (κ2) is 4.77. The summed E-state index contributed by atoms with van der Waals surface area (Å²) in [5.41, 5.74) is 0.727. The van der Waals surface area contributed by atoms with Gasteiger partial charge in [0, 0.05) is 0 Å². The van der Waals surface area contributed by atoms with Crippen LogP contribution in [0.3, 0.4) is 0 Å². The molecule has 0 aromatic heterocycles. The summed E-state index contributed by atoms with van der Waals surface area (Å²) in [4.78, 5) is 11.1.